The van der Waals surface area contributed by atoms with Gasteiger partial charge in [-0.25, -0.2) is 0 Å². The van der Waals surface area contributed by atoms with E-state index in [2.05, 4.69) is 36.3 Å². The van der Waals surface area contributed by atoms with Crippen molar-refractivity contribution in [3.05, 3.63) is 18.2 Å². The summed E-state index contributed by atoms with van der Waals surface area (Å²) >= 11 is 0. The van der Waals surface area contributed by atoms with E-state index in [1.165, 1.54) is 25.8 Å². The van der Waals surface area contributed by atoms with Gasteiger partial charge in [-0.3, -0.25) is 9.89 Å². The molecule has 0 bridgehead atoms. The highest BCUT2D eigenvalue weighted by Gasteiger charge is 2.22. The molecular weight excluding hydrogens is 455 g/mol. The number of rotatable bonds is 7. The van der Waals surface area contributed by atoms with Gasteiger partial charge in [-0.15, -0.1) is 24.0 Å². The molecule has 154 valence electrons. The van der Waals surface area contributed by atoms with Crippen molar-refractivity contribution in [1.29, 1.82) is 0 Å². The fraction of sp³-hybridized carbons (Fsp3) is 0.650. The second-order valence-corrected chi connectivity index (χ2v) is 6.85. The molecule has 2 rings (SSSR count). The average Bonchev–Trinajstić information content (AvgIpc) is 2.66. The van der Waals surface area contributed by atoms with E-state index in [0.29, 0.717) is 23.6 Å². The number of nitrogens with one attached hydrogen (secondary N) is 2. The molecule has 1 aromatic rings. The number of methoxy groups -OCH3 is 2. The number of likely N-dealkylation sites (tertiary alicyclic amines) is 1. The predicted octanol–water partition coefficient (Wildman–Crippen LogP) is 3.96. The van der Waals surface area contributed by atoms with E-state index in [-0.39, 0.29) is 24.0 Å². The van der Waals surface area contributed by atoms with Crippen LogP contribution >= 0.6 is 24.0 Å². The van der Waals surface area contributed by atoms with Crippen molar-refractivity contribution in [2.45, 2.75) is 52.1 Å². The Morgan fingerprint density at radius 1 is 1.26 bits per heavy atom. The molecule has 1 fully saturated rings. The highest BCUT2D eigenvalue weighted by atomic mass is 127. The number of anilines is 1. The summed E-state index contributed by atoms with van der Waals surface area (Å²) < 4.78 is 10.7. The summed E-state index contributed by atoms with van der Waals surface area (Å²) in [7, 11) is 3.28. The molecule has 0 radical (unpaired) electrons. The van der Waals surface area contributed by atoms with Gasteiger partial charge in [0.1, 0.15) is 0 Å². The van der Waals surface area contributed by atoms with E-state index in [1.807, 2.05) is 18.2 Å². The molecule has 0 amide bonds. The molecule has 2 N–H and O–H groups in total. The Bertz CT molecular complexity index is 597. The topological polar surface area (TPSA) is 58.1 Å². The van der Waals surface area contributed by atoms with E-state index in [0.717, 1.165) is 24.7 Å². The minimum atomic E-state index is 0. The molecule has 1 aromatic carbocycles. The van der Waals surface area contributed by atoms with E-state index >= 15 is 0 Å². The van der Waals surface area contributed by atoms with Crippen molar-refractivity contribution >= 4 is 35.6 Å². The third-order valence-electron chi connectivity index (χ3n) is 4.92. The lowest BCUT2D eigenvalue weighted by atomic mass is 10.0. The summed E-state index contributed by atoms with van der Waals surface area (Å²) in [6, 6.07) is 6.86. The minimum absolute atomic E-state index is 0. The number of benzene rings is 1. The van der Waals surface area contributed by atoms with Gasteiger partial charge < -0.3 is 20.1 Å². The maximum Gasteiger partial charge on any atom is 0.195 e. The van der Waals surface area contributed by atoms with E-state index in [1.54, 1.807) is 14.2 Å². The third-order valence-corrected chi connectivity index (χ3v) is 4.92. The van der Waals surface area contributed by atoms with E-state index < -0.39 is 0 Å². The Hall–Kier alpha value is -1.22. The largest absolute Gasteiger partial charge is 0.493 e. The normalized spacial score (nSPS) is 19.0. The van der Waals surface area contributed by atoms with Crippen LogP contribution < -0.4 is 20.1 Å². The van der Waals surface area contributed by atoms with Crippen molar-refractivity contribution in [2.75, 3.05) is 39.2 Å². The first-order valence-corrected chi connectivity index (χ1v) is 9.62. The zero-order valence-corrected chi connectivity index (χ0v) is 19.6. The standard InChI is InChI=1S/C20H34N4O2.HI/c1-6-21-20(22-14-16(3)24-12-8-7-9-15(24)2)23-17-10-11-18(25-4)19(13-17)26-5;/h10-11,13,15-16H,6-9,12,14H2,1-5H3,(H2,21,22,23);1H. The summed E-state index contributed by atoms with van der Waals surface area (Å²) in [4.78, 5) is 7.37. The second kappa shape index (κ2) is 12.3. The van der Waals surface area contributed by atoms with Crippen LogP contribution in [0.2, 0.25) is 0 Å². The average molecular weight is 490 g/mol. The van der Waals surface area contributed by atoms with Crippen LogP contribution in [0.5, 0.6) is 11.5 Å². The molecule has 1 saturated heterocycles. The number of piperidine rings is 1. The van der Waals surface area contributed by atoms with Crippen molar-refractivity contribution in [3.63, 3.8) is 0 Å². The first-order chi connectivity index (χ1) is 12.6. The van der Waals surface area contributed by atoms with Gasteiger partial charge in [0, 0.05) is 30.4 Å². The zero-order valence-electron chi connectivity index (χ0n) is 17.2. The van der Waals surface area contributed by atoms with Crippen molar-refractivity contribution in [3.8, 4) is 11.5 Å². The molecule has 0 aromatic heterocycles. The quantitative estimate of drug-likeness (QED) is 0.344. The maximum absolute atomic E-state index is 5.38. The summed E-state index contributed by atoms with van der Waals surface area (Å²) in [6.07, 6.45) is 3.93. The fourth-order valence-corrected chi connectivity index (χ4v) is 3.46. The van der Waals surface area contributed by atoms with Gasteiger partial charge in [-0.05, 0) is 52.3 Å². The SMILES string of the molecule is CCNC(=NCC(C)N1CCCCC1C)Nc1ccc(OC)c(OC)c1.I. The van der Waals surface area contributed by atoms with Crippen LogP contribution in [0.25, 0.3) is 0 Å². The zero-order chi connectivity index (χ0) is 18.9. The number of halogens is 1. The van der Waals surface area contributed by atoms with E-state index in [9.17, 15) is 0 Å². The van der Waals surface area contributed by atoms with Crippen LogP contribution in [0.4, 0.5) is 5.69 Å². The van der Waals surface area contributed by atoms with Crippen LogP contribution in [-0.2, 0) is 0 Å². The summed E-state index contributed by atoms with van der Waals surface area (Å²) in [5.74, 6) is 2.20. The molecule has 27 heavy (non-hydrogen) atoms. The summed E-state index contributed by atoms with van der Waals surface area (Å²) in [6.45, 7) is 9.43. The highest BCUT2D eigenvalue weighted by Crippen LogP contribution is 2.29. The molecule has 0 saturated carbocycles. The molecule has 0 aliphatic carbocycles. The van der Waals surface area contributed by atoms with Crippen LogP contribution in [0.15, 0.2) is 23.2 Å². The first kappa shape index (κ1) is 23.8. The number of hydrogen-bond donors (Lipinski definition) is 2. The third kappa shape index (κ3) is 7.03. The monoisotopic (exact) mass is 490 g/mol. The smallest absolute Gasteiger partial charge is 0.195 e. The Morgan fingerprint density at radius 2 is 2.00 bits per heavy atom. The summed E-state index contributed by atoms with van der Waals surface area (Å²) in [5, 5.41) is 6.68. The van der Waals surface area contributed by atoms with Crippen molar-refractivity contribution in [2.24, 2.45) is 4.99 Å². The highest BCUT2D eigenvalue weighted by molar-refractivity contribution is 14.0. The number of ether oxygens (including phenoxy) is 2. The Labute approximate surface area is 181 Å². The van der Waals surface area contributed by atoms with Crippen molar-refractivity contribution in [1.82, 2.24) is 10.2 Å². The van der Waals surface area contributed by atoms with Gasteiger partial charge in [0.2, 0.25) is 0 Å². The van der Waals surface area contributed by atoms with Gasteiger partial charge in [-0.1, -0.05) is 6.42 Å². The Kier molecular flexibility index (Phi) is 10.8. The van der Waals surface area contributed by atoms with Crippen LogP contribution in [0, 0.1) is 0 Å². The Morgan fingerprint density at radius 3 is 2.63 bits per heavy atom. The van der Waals surface area contributed by atoms with Crippen LogP contribution in [0.3, 0.4) is 0 Å². The lowest BCUT2D eigenvalue weighted by molar-refractivity contribution is 0.118. The number of nitrogens with zero attached hydrogens (tertiary/aromatic N) is 2. The number of guanidine groups is 1. The molecule has 1 heterocycles. The van der Waals surface area contributed by atoms with Crippen LogP contribution in [-0.4, -0.2) is 56.8 Å². The summed E-state index contributed by atoms with van der Waals surface area (Å²) in [5.41, 5.74) is 0.918. The molecular formula is C20H35IN4O2. The molecule has 2 unspecified atom stereocenters. The van der Waals surface area contributed by atoms with Crippen molar-refractivity contribution < 1.29 is 9.47 Å². The van der Waals surface area contributed by atoms with Gasteiger partial charge in [-0.2, -0.15) is 0 Å². The van der Waals surface area contributed by atoms with E-state index in [4.69, 9.17) is 14.5 Å². The minimum Gasteiger partial charge on any atom is -0.493 e. The fourth-order valence-electron chi connectivity index (χ4n) is 3.46. The molecule has 7 heteroatoms. The predicted molar refractivity (Wildman–Crippen MR) is 124 cm³/mol. The molecule has 0 spiro atoms. The molecule has 1 aliphatic rings. The lowest BCUT2D eigenvalue weighted by Gasteiger charge is -2.37. The van der Waals surface area contributed by atoms with Gasteiger partial charge in [0.05, 0.1) is 20.8 Å². The second-order valence-electron chi connectivity index (χ2n) is 6.85. The van der Waals surface area contributed by atoms with Gasteiger partial charge in [0.15, 0.2) is 17.5 Å². The first-order valence-electron chi connectivity index (χ1n) is 9.62. The van der Waals surface area contributed by atoms with Crippen LogP contribution in [0.1, 0.15) is 40.0 Å². The number of aliphatic imine (C=N–C) groups is 1. The molecule has 2 atom stereocenters. The molecule has 6 nitrogen and oxygen atoms in total. The molecule has 1 aliphatic heterocycles. The van der Waals surface area contributed by atoms with Gasteiger partial charge >= 0.3 is 0 Å². The van der Waals surface area contributed by atoms with Gasteiger partial charge in [0.25, 0.3) is 0 Å². The lowest BCUT2D eigenvalue weighted by Crippen LogP contribution is -2.45. The Balaban J connectivity index is 0.00000364. The number of hydrogen-bond acceptors (Lipinski definition) is 4. The maximum atomic E-state index is 5.38.